The van der Waals surface area contributed by atoms with Gasteiger partial charge in [-0.3, -0.25) is 4.79 Å². The summed E-state index contributed by atoms with van der Waals surface area (Å²) in [5.41, 5.74) is 1.68. The van der Waals surface area contributed by atoms with Crippen LogP contribution in [0.3, 0.4) is 0 Å². The van der Waals surface area contributed by atoms with Gasteiger partial charge in [-0.2, -0.15) is 0 Å². The van der Waals surface area contributed by atoms with Crippen molar-refractivity contribution >= 4 is 5.91 Å². The molecule has 1 fully saturated rings. The molecule has 0 N–H and O–H groups in total. The lowest BCUT2D eigenvalue weighted by Crippen LogP contribution is -2.43. The maximum Gasteiger partial charge on any atom is 0.253 e. The minimum absolute atomic E-state index is 0.0795. The van der Waals surface area contributed by atoms with E-state index in [0.717, 1.165) is 43.8 Å². The van der Waals surface area contributed by atoms with Crippen molar-refractivity contribution in [2.24, 2.45) is 7.05 Å². The van der Waals surface area contributed by atoms with Crippen molar-refractivity contribution in [1.82, 2.24) is 14.5 Å². The number of nitrogens with zero attached hydrogens (tertiary/aromatic N) is 3. The number of aryl methyl sites for hydroxylation is 1. The molecular weight excluding hydrogens is 302 g/mol. The first kappa shape index (κ1) is 16.7. The average Bonchev–Trinajstić information content (AvgIpc) is 3.05. The van der Waals surface area contributed by atoms with Gasteiger partial charge < -0.3 is 14.2 Å². The number of likely N-dealkylation sites (tertiary alicyclic amines) is 1. The second kappa shape index (κ2) is 7.62. The van der Waals surface area contributed by atoms with Gasteiger partial charge >= 0.3 is 0 Å². The molecule has 0 bridgehead atoms. The highest BCUT2D eigenvalue weighted by atomic mass is 16.5. The molecule has 1 aromatic carbocycles. The van der Waals surface area contributed by atoms with E-state index in [2.05, 4.69) is 11.9 Å². The fourth-order valence-electron chi connectivity index (χ4n) is 3.16. The zero-order valence-electron chi connectivity index (χ0n) is 14.4. The molecule has 0 unspecified atom stereocenters. The molecule has 128 valence electrons. The van der Waals surface area contributed by atoms with E-state index in [1.165, 1.54) is 0 Å². The number of imidazole rings is 1. The normalized spacial score (nSPS) is 17.9. The summed E-state index contributed by atoms with van der Waals surface area (Å²) in [4.78, 5) is 19.1. The summed E-state index contributed by atoms with van der Waals surface area (Å²) < 4.78 is 7.80. The topological polar surface area (TPSA) is 47.4 Å². The van der Waals surface area contributed by atoms with Gasteiger partial charge in [-0.15, -0.1) is 0 Å². The van der Waals surface area contributed by atoms with E-state index in [9.17, 15) is 4.79 Å². The molecule has 0 aliphatic carbocycles. The Kier molecular flexibility index (Phi) is 5.30. The van der Waals surface area contributed by atoms with Crippen LogP contribution in [0.4, 0.5) is 0 Å². The molecule has 2 aromatic rings. The summed E-state index contributed by atoms with van der Waals surface area (Å²) in [7, 11) is 1.96. The van der Waals surface area contributed by atoms with Crippen LogP contribution in [0.1, 0.15) is 36.5 Å². The van der Waals surface area contributed by atoms with Crippen molar-refractivity contribution in [1.29, 1.82) is 0 Å². The fourth-order valence-corrected chi connectivity index (χ4v) is 3.16. The maximum atomic E-state index is 12.9. The van der Waals surface area contributed by atoms with E-state index in [0.29, 0.717) is 12.1 Å². The van der Waals surface area contributed by atoms with E-state index < -0.39 is 0 Å². The van der Waals surface area contributed by atoms with Crippen molar-refractivity contribution in [2.75, 3.05) is 19.7 Å². The monoisotopic (exact) mass is 327 g/mol. The molecular formula is C19H25N3O2. The number of carbonyl (C=O) groups excluding carboxylic acids is 1. The van der Waals surface area contributed by atoms with Gasteiger partial charge in [0.15, 0.2) is 0 Å². The number of amides is 1. The van der Waals surface area contributed by atoms with Crippen LogP contribution in [0.25, 0.3) is 11.4 Å². The lowest BCUT2D eigenvalue weighted by molar-refractivity contribution is 0.00211. The van der Waals surface area contributed by atoms with E-state index in [1.54, 1.807) is 6.20 Å². The van der Waals surface area contributed by atoms with Crippen LogP contribution < -0.4 is 0 Å². The van der Waals surface area contributed by atoms with Gasteiger partial charge in [-0.1, -0.05) is 19.1 Å². The van der Waals surface area contributed by atoms with Crippen LogP contribution in [-0.2, 0) is 11.8 Å². The molecule has 1 saturated heterocycles. The Labute approximate surface area is 143 Å². The van der Waals surface area contributed by atoms with Crippen LogP contribution in [-0.4, -0.2) is 46.2 Å². The fraction of sp³-hybridized carbons (Fsp3) is 0.474. The van der Waals surface area contributed by atoms with Crippen LogP contribution in [0.15, 0.2) is 36.7 Å². The largest absolute Gasteiger partial charge is 0.376 e. The number of carbonyl (C=O) groups is 1. The molecule has 2 heterocycles. The van der Waals surface area contributed by atoms with Gasteiger partial charge in [-0.05, 0) is 31.4 Å². The lowest BCUT2D eigenvalue weighted by atomic mass is 10.0. The third-order valence-electron chi connectivity index (χ3n) is 4.41. The molecule has 0 saturated carbocycles. The zero-order chi connectivity index (χ0) is 16.9. The zero-order valence-corrected chi connectivity index (χ0v) is 14.4. The molecule has 5 heteroatoms. The lowest BCUT2D eigenvalue weighted by Gasteiger charge is -2.32. The number of piperidine rings is 1. The van der Waals surface area contributed by atoms with Gasteiger partial charge in [0.2, 0.25) is 0 Å². The van der Waals surface area contributed by atoms with Crippen LogP contribution in [0.2, 0.25) is 0 Å². The van der Waals surface area contributed by atoms with Crippen molar-refractivity contribution in [3.8, 4) is 11.4 Å². The summed E-state index contributed by atoms with van der Waals surface area (Å²) in [6, 6.07) is 7.72. The number of ether oxygens (including phenoxy) is 1. The summed E-state index contributed by atoms with van der Waals surface area (Å²) in [5.74, 6) is 0.948. The van der Waals surface area contributed by atoms with Gasteiger partial charge in [0.05, 0.1) is 6.10 Å². The number of benzene rings is 1. The predicted molar refractivity (Wildman–Crippen MR) is 93.8 cm³/mol. The number of hydrogen-bond acceptors (Lipinski definition) is 3. The highest BCUT2D eigenvalue weighted by Gasteiger charge is 2.25. The Balaban J connectivity index is 1.74. The smallest absolute Gasteiger partial charge is 0.253 e. The molecule has 3 rings (SSSR count). The number of aromatic nitrogens is 2. The third-order valence-corrected chi connectivity index (χ3v) is 4.41. The van der Waals surface area contributed by atoms with Crippen LogP contribution in [0.5, 0.6) is 0 Å². The Morgan fingerprint density at radius 2 is 2.29 bits per heavy atom. The quantitative estimate of drug-likeness (QED) is 0.848. The predicted octanol–water partition coefficient (Wildman–Crippen LogP) is 3.12. The minimum Gasteiger partial charge on any atom is -0.376 e. The van der Waals surface area contributed by atoms with Crippen molar-refractivity contribution in [3.05, 3.63) is 42.2 Å². The molecule has 1 aromatic heterocycles. The van der Waals surface area contributed by atoms with Crippen molar-refractivity contribution in [3.63, 3.8) is 0 Å². The van der Waals surface area contributed by atoms with Gasteiger partial charge in [0, 0.05) is 50.3 Å². The highest BCUT2D eigenvalue weighted by Crippen LogP contribution is 2.21. The molecule has 0 radical (unpaired) electrons. The first-order chi connectivity index (χ1) is 11.7. The summed E-state index contributed by atoms with van der Waals surface area (Å²) >= 11 is 0. The molecule has 5 nitrogen and oxygen atoms in total. The number of rotatable bonds is 5. The van der Waals surface area contributed by atoms with Crippen molar-refractivity contribution in [2.45, 2.75) is 32.3 Å². The Morgan fingerprint density at radius 1 is 1.42 bits per heavy atom. The van der Waals surface area contributed by atoms with Gasteiger partial charge in [0.25, 0.3) is 5.91 Å². The minimum atomic E-state index is 0.0795. The van der Waals surface area contributed by atoms with E-state index >= 15 is 0 Å². The first-order valence-corrected chi connectivity index (χ1v) is 8.67. The van der Waals surface area contributed by atoms with Gasteiger partial charge in [-0.25, -0.2) is 4.98 Å². The van der Waals surface area contributed by atoms with Crippen LogP contribution >= 0.6 is 0 Å². The first-order valence-electron chi connectivity index (χ1n) is 8.67. The number of hydrogen-bond donors (Lipinski definition) is 0. The van der Waals surface area contributed by atoms with E-state index in [4.69, 9.17) is 4.74 Å². The standard InChI is InChI=1S/C19H25N3O2/c1-3-12-24-17-8-5-10-22(14-17)19(23)16-7-4-6-15(13-16)18-20-9-11-21(18)2/h4,6-7,9,11,13,17H,3,5,8,10,12,14H2,1-2H3/t17-/m1/s1. The van der Waals surface area contributed by atoms with Crippen molar-refractivity contribution < 1.29 is 9.53 Å². The van der Waals surface area contributed by atoms with Gasteiger partial charge in [0.1, 0.15) is 5.82 Å². The Morgan fingerprint density at radius 3 is 3.04 bits per heavy atom. The SMILES string of the molecule is CCCO[C@@H]1CCCN(C(=O)c2cccc(-c3nccn3C)c2)C1. The molecule has 1 aliphatic rings. The summed E-state index contributed by atoms with van der Waals surface area (Å²) in [6.45, 7) is 4.36. The molecule has 1 aliphatic heterocycles. The third kappa shape index (κ3) is 3.67. The summed E-state index contributed by atoms with van der Waals surface area (Å²) in [5, 5.41) is 0. The maximum absolute atomic E-state index is 12.9. The molecule has 0 spiro atoms. The Bertz CT molecular complexity index is 695. The highest BCUT2D eigenvalue weighted by molar-refractivity contribution is 5.95. The molecule has 24 heavy (non-hydrogen) atoms. The Hall–Kier alpha value is -2.14. The molecule has 1 amide bonds. The second-order valence-electron chi connectivity index (χ2n) is 6.33. The summed E-state index contributed by atoms with van der Waals surface area (Å²) in [6.07, 6.45) is 6.89. The van der Waals surface area contributed by atoms with Crippen LogP contribution in [0, 0.1) is 0 Å². The van der Waals surface area contributed by atoms with E-state index in [-0.39, 0.29) is 12.0 Å². The van der Waals surface area contributed by atoms with E-state index in [1.807, 2.05) is 47.0 Å². The second-order valence-corrected chi connectivity index (χ2v) is 6.33. The average molecular weight is 327 g/mol. The molecule has 1 atom stereocenters.